The summed E-state index contributed by atoms with van der Waals surface area (Å²) in [5, 5.41) is 3.70. The summed E-state index contributed by atoms with van der Waals surface area (Å²) in [5.41, 5.74) is 3.28. The van der Waals surface area contributed by atoms with E-state index in [4.69, 9.17) is 46.9 Å². The summed E-state index contributed by atoms with van der Waals surface area (Å²) >= 11 is 12.9. The number of carbonyl (C=O) groups is 3. The van der Waals surface area contributed by atoms with Crippen LogP contribution in [0, 0.1) is 0 Å². The highest BCUT2D eigenvalue weighted by molar-refractivity contribution is 6.35. The van der Waals surface area contributed by atoms with Gasteiger partial charge in [-0.25, -0.2) is 19.4 Å². The zero-order chi connectivity index (χ0) is 38.8. The van der Waals surface area contributed by atoms with Gasteiger partial charge in [-0.2, -0.15) is 0 Å². The minimum atomic E-state index is -0.785. The molecule has 0 aliphatic rings. The van der Waals surface area contributed by atoms with Gasteiger partial charge in [0, 0.05) is 12.0 Å². The average Bonchev–Trinajstić information content (AvgIpc) is 3.16. The molecule has 0 aliphatic heterocycles. The number of benzene rings is 4. The van der Waals surface area contributed by atoms with Gasteiger partial charge >= 0.3 is 18.0 Å². The predicted octanol–water partition coefficient (Wildman–Crippen LogP) is 8.94. The Balaban J connectivity index is 1.28. The van der Waals surface area contributed by atoms with Crippen LogP contribution in [0.15, 0.2) is 109 Å². The number of alkyl carbamates (subject to hydrolysis) is 1. The minimum Gasteiger partial charge on any atom is -0.493 e. The fourth-order valence-electron chi connectivity index (χ4n) is 5.58. The zero-order valence-corrected chi connectivity index (χ0v) is 32.0. The number of carbonyl (C=O) groups excluding carboxylic acids is 3. The van der Waals surface area contributed by atoms with Gasteiger partial charge in [-0.05, 0) is 79.4 Å². The molecule has 0 unspecified atom stereocenters. The van der Waals surface area contributed by atoms with Crippen LogP contribution in [0.2, 0.25) is 10.0 Å². The highest BCUT2D eigenvalue weighted by Crippen LogP contribution is 2.35. The van der Waals surface area contributed by atoms with E-state index < -0.39 is 35.8 Å². The molecule has 5 rings (SSSR count). The van der Waals surface area contributed by atoms with Gasteiger partial charge in [-0.15, -0.1) is 0 Å². The summed E-state index contributed by atoms with van der Waals surface area (Å²) < 4.78 is 28.0. The Labute approximate surface area is 324 Å². The third-order valence-corrected chi connectivity index (χ3v) is 8.90. The van der Waals surface area contributed by atoms with Gasteiger partial charge < -0.3 is 29.0 Å². The normalized spacial score (nSPS) is 12.2. The van der Waals surface area contributed by atoms with Crippen LogP contribution in [0.5, 0.6) is 11.5 Å². The molecule has 54 heavy (non-hydrogen) atoms. The molecule has 0 fully saturated rings. The van der Waals surface area contributed by atoms with E-state index in [0.29, 0.717) is 49.4 Å². The number of hydrogen-bond acceptors (Lipinski definition) is 8. The quantitative estimate of drug-likeness (QED) is 0.0930. The number of methoxy groups -OCH3 is 2. The molecule has 0 spiro atoms. The molecule has 4 aromatic carbocycles. The minimum absolute atomic E-state index is 0.0487. The van der Waals surface area contributed by atoms with Crippen LogP contribution in [-0.4, -0.2) is 37.9 Å². The molecular formula is C42H41Cl2N2O8+. The number of ether oxygens (including phenoxy) is 5. The van der Waals surface area contributed by atoms with E-state index in [1.54, 1.807) is 93.8 Å². The van der Waals surface area contributed by atoms with E-state index in [-0.39, 0.29) is 18.6 Å². The number of rotatable bonds is 13. The van der Waals surface area contributed by atoms with Gasteiger partial charge in [-0.1, -0.05) is 83.9 Å². The molecule has 2 atom stereocenters. The van der Waals surface area contributed by atoms with Crippen molar-refractivity contribution in [2.45, 2.75) is 51.5 Å². The van der Waals surface area contributed by atoms with E-state index in [1.807, 2.05) is 36.4 Å². The first-order valence-electron chi connectivity index (χ1n) is 17.0. The van der Waals surface area contributed by atoms with E-state index >= 15 is 0 Å². The zero-order valence-electron chi connectivity index (χ0n) is 30.5. The van der Waals surface area contributed by atoms with Crippen molar-refractivity contribution in [3.8, 4) is 11.5 Å². The van der Waals surface area contributed by atoms with Crippen molar-refractivity contribution in [2.75, 3.05) is 14.2 Å². The maximum atomic E-state index is 13.5. The summed E-state index contributed by atoms with van der Waals surface area (Å²) in [4.78, 5) is 42.3. The Morgan fingerprint density at radius 2 is 1.39 bits per heavy atom. The third kappa shape index (κ3) is 10.5. The summed E-state index contributed by atoms with van der Waals surface area (Å²) in [5.74, 6) is -0.156. The van der Waals surface area contributed by atoms with Crippen molar-refractivity contribution in [3.63, 3.8) is 0 Å². The molecule has 1 amide bonds. The van der Waals surface area contributed by atoms with E-state index in [9.17, 15) is 14.4 Å². The molecule has 1 heterocycles. The predicted molar refractivity (Wildman–Crippen MR) is 204 cm³/mol. The van der Waals surface area contributed by atoms with Crippen molar-refractivity contribution in [2.24, 2.45) is 0 Å². The molecule has 0 bridgehead atoms. The lowest BCUT2D eigenvalue weighted by Crippen LogP contribution is -2.35. The number of nitrogens with one attached hydrogen (secondary N) is 2. The van der Waals surface area contributed by atoms with Crippen molar-refractivity contribution < 1.29 is 43.1 Å². The molecule has 0 radical (unpaired) electrons. The van der Waals surface area contributed by atoms with E-state index in [0.717, 1.165) is 5.56 Å². The van der Waals surface area contributed by atoms with E-state index in [2.05, 4.69) is 10.3 Å². The molecule has 5 aromatic rings. The van der Waals surface area contributed by atoms with Gasteiger partial charge in [0.05, 0.1) is 31.4 Å². The lowest BCUT2D eigenvalue weighted by Gasteiger charge is -2.24. The van der Waals surface area contributed by atoms with Crippen molar-refractivity contribution in [1.29, 1.82) is 0 Å². The lowest BCUT2D eigenvalue weighted by atomic mass is 9.97. The molecule has 280 valence electrons. The van der Waals surface area contributed by atoms with Crippen molar-refractivity contribution >= 4 is 41.2 Å². The van der Waals surface area contributed by atoms with Crippen LogP contribution < -0.4 is 19.8 Å². The first-order chi connectivity index (χ1) is 25.8. The number of esters is 2. The number of halogens is 2. The van der Waals surface area contributed by atoms with Gasteiger partial charge in [-0.3, -0.25) is 0 Å². The van der Waals surface area contributed by atoms with Crippen molar-refractivity contribution in [3.05, 3.63) is 158 Å². The maximum absolute atomic E-state index is 13.5. The smallest absolute Gasteiger partial charge is 0.408 e. The second kappa shape index (κ2) is 18.0. The van der Waals surface area contributed by atoms with Crippen molar-refractivity contribution in [1.82, 2.24) is 5.32 Å². The maximum Gasteiger partial charge on any atom is 0.408 e. The van der Waals surface area contributed by atoms with Gasteiger partial charge in [0.15, 0.2) is 23.9 Å². The first kappa shape index (κ1) is 39.6. The largest absolute Gasteiger partial charge is 0.493 e. The fraction of sp³-hybridized carbons (Fsp3) is 0.238. The molecule has 1 aromatic heterocycles. The molecule has 2 N–H and O–H groups in total. The lowest BCUT2D eigenvalue weighted by molar-refractivity contribution is -0.377. The summed E-state index contributed by atoms with van der Waals surface area (Å²) in [7, 11) is 3.06. The van der Waals surface area contributed by atoms with Gasteiger partial charge in [0.25, 0.3) is 0 Å². The Hall–Kier alpha value is -5.58. The van der Waals surface area contributed by atoms with Crippen LogP contribution in [-0.2, 0) is 27.2 Å². The molecule has 12 heteroatoms. The highest BCUT2D eigenvalue weighted by atomic mass is 35.5. The summed E-state index contributed by atoms with van der Waals surface area (Å²) in [6.07, 6.45) is 2.02. The Morgan fingerprint density at radius 3 is 2.04 bits per heavy atom. The number of H-pyrrole nitrogens is 1. The van der Waals surface area contributed by atoms with Crippen LogP contribution in [0.1, 0.15) is 81.5 Å². The molecule has 0 saturated heterocycles. The number of amides is 1. The molecule has 0 aliphatic carbocycles. The van der Waals surface area contributed by atoms with Gasteiger partial charge in [0.1, 0.15) is 28.4 Å². The molecule has 10 nitrogen and oxygen atoms in total. The first-order valence-corrected chi connectivity index (χ1v) is 17.8. The van der Waals surface area contributed by atoms with Crippen LogP contribution in [0.3, 0.4) is 0 Å². The second-order valence-corrected chi connectivity index (χ2v) is 14.0. The Bertz CT molecular complexity index is 2060. The standard InChI is InChI=1S/C42H40Cl2N2O8/c1-42(2,3)54-41(49)46-38(27-10-7-6-8-11-27)30-12-9-13-31(20-30)39(47)52-25-26-14-16-28(17-15-26)40(48)53-36(22-32-33(43)23-45-24-34(32)44)29-18-19-35(50-4)37(21-29)51-5/h6-21,23-24,36,38H,22,25H2,1-5H3,(H,46,49)/p+1/t36-,38-/m0/s1. The van der Waals surface area contributed by atoms with Crippen LogP contribution >= 0.6 is 23.2 Å². The number of aromatic nitrogens is 1. The van der Waals surface area contributed by atoms with Crippen LogP contribution in [0.4, 0.5) is 4.79 Å². The Kier molecular flexibility index (Phi) is 13.2. The number of aromatic amines is 1. The fourth-order valence-corrected chi connectivity index (χ4v) is 6.11. The monoisotopic (exact) mass is 771 g/mol. The Morgan fingerprint density at radius 1 is 0.722 bits per heavy atom. The van der Waals surface area contributed by atoms with E-state index in [1.165, 1.54) is 14.2 Å². The van der Waals surface area contributed by atoms with Crippen LogP contribution in [0.25, 0.3) is 0 Å². The number of pyridine rings is 1. The SMILES string of the molecule is COc1ccc([C@H](Cc2c(Cl)c[nH+]cc2Cl)OC(=O)c2ccc(COC(=O)c3cccc([C@@H](NC(=O)OC(C)(C)C)c4ccccc4)c3)cc2)cc1OC. The summed E-state index contributed by atoms with van der Waals surface area (Å²) in [6, 6.07) is 27.5. The second-order valence-electron chi connectivity index (χ2n) is 13.2. The summed E-state index contributed by atoms with van der Waals surface area (Å²) in [6.45, 7) is 5.32. The third-order valence-electron chi connectivity index (χ3n) is 8.22. The highest BCUT2D eigenvalue weighted by Gasteiger charge is 2.25. The molecule has 0 saturated carbocycles. The topological polar surface area (TPSA) is 124 Å². The average molecular weight is 773 g/mol. The van der Waals surface area contributed by atoms with Gasteiger partial charge in [0.2, 0.25) is 0 Å². The number of hydrogen-bond donors (Lipinski definition) is 1. The molecular weight excluding hydrogens is 731 g/mol.